The highest BCUT2D eigenvalue weighted by Crippen LogP contribution is 2.24. The summed E-state index contributed by atoms with van der Waals surface area (Å²) in [6.07, 6.45) is 0. The summed E-state index contributed by atoms with van der Waals surface area (Å²) in [7, 11) is 0. The highest BCUT2D eigenvalue weighted by Gasteiger charge is 2.10. The van der Waals surface area contributed by atoms with E-state index in [9.17, 15) is 4.79 Å². The van der Waals surface area contributed by atoms with Gasteiger partial charge in [0, 0.05) is 5.69 Å². The molecule has 3 heteroatoms. The topological polar surface area (TPSA) is 38.3 Å². The number of carbonyl (C=O) groups excluding carboxylic acids is 1. The maximum Gasteiger partial charge on any atom is 0.262 e. The third kappa shape index (κ3) is 4.10. The number of nitrogens with one attached hydrogen (secondary N) is 1. The molecule has 0 heterocycles. The summed E-state index contributed by atoms with van der Waals surface area (Å²) in [5.74, 6) is 0.961. The minimum Gasteiger partial charge on any atom is -0.483 e. The Morgan fingerprint density at radius 1 is 1.14 bits per heavy atom. The van der Waals surface area contributed by atoms with E-state index in [1.807, 2.05) is 56.3 Å². The van der Waals surface area contributed by atoms with Gasteiger partial charge < -0.3 is 10.1 Å². The number of aryl methyl sites for hydroxylation is 2. The van der Waals surface area contributed by atoms with Crippen molar-refractivity contribution >= 4 is 11.6 Å². The van der Waals surface area contributed by atoms with E-state index in [1.54, 1.807) is 0 Å². The number of carbonyl (C=O) groups is 1. The second-order valence-corrected chi connectivity index (χ2v) is 5.85. The van der Waals surface area contributed by atoms with Gasteiger partial charge in [-0.05, 0) is 43.0 Å². The first-order valence-corrected chi connectivity index (χ1v) is 7.56. The van der Waals surface area contributed by atoms with Crippen LogP contribution >= 0.6 is 0 Å². The van der Waals surface area contributed by atoms with Gasteiger partial charge in [0.15, 0.2) is 6.61 Å². The highest BCUT2D eigenvalue weighted by molar-refractivity contribution is 5.92. The number of anilines is 1. The first kappa shape index (κ1) is 16.1. The lowest BCUT2D eigenvalue weighted by molar-refractivity contribution is -0.118. The van der Waals surface area contributed by atoms with E-state index in [0.29, 0.717) is 5.92 Å². The third-order valence-corrected chi connectivity index (χ3v) is 3.55. The average Bonchev–Trinajstić information content (AvgIpc) is 2.46. The molecule has 0 spiro atoms. The van der Waals surface area contributed by atoms with E-state index >= 15 is 0 Å². The van der Waals surface area contributed by atoms with Crippen LogP contribution in [0.1, 0.15) is 36.5 Å². The predicted molar refractivity (Wildman–Crippen MR) is 90.6 cm³/mol. The van der Waals surface area contributed by atoms with Crippen LogP contribution in [-0.2, 0) is 4.79 Å². The summed E-state index contributed by atoms with van der Waals surface area (Å²) in [6.45, 7) is 8.24. The van der Waals surface area contributed by atoms with E-state index in [0.717, 1.165) is 22.6 Å². The van der Waals surface area contributed by atoms with Gasteiger partial charge in [-0.3, -0.25) is 4.79 Å². The van der Waals surface area contributed by atoms with Crippen molar-refractivity contribution in [1.29, 1.82) is 0 Å². The minimum atomic E-state index is -0.145. The average molecular weight is 297 g/mol. The van der Waals surface area contributed by atoms with E-state index < -0.39 is 0 Å². The van der Waals surface area contributed by atoms with Gasteiger partial charge in [-0.15, -0.1) is 0 Å². The van der Waals surface area contributed by atoms with Crippen LogP contribution in [0.15, 0.2) is 42.5 Å². The Morgan fingerprint density at radius 3 is 2.55 bits per heavy atom. The largest absolute Gasteiger partial charge is 0.483 e. The first-order valence-electron chi connectivity index (χ1n) is 7.56. The van der Waals surface area contributed by atoms with E-state index in [-0.39, 0.29) is 12.5 Å². The van der Waals surface area contributed by atoms with Gasteiger partial charge >= 0.3 is 0 Å². The second-order valence-electron chi connectivity index (χ2n) is 5.85. The molecule has 0 saturated heterocycles. The van der Waals surface area contributed by atoms with Gasteiger partial charge in [0.1, 0.15) is 5.75 Å². The molecule has 0 aromatic heterocycles. The molecule has 0 aliphatic rings. The van der Waals surface area contributed by atoms with Crippen LogP contribution in [0.5, 0.6) is 5.75 Å². The van der Waals surface area contributed by atoms with Crippen molar-refractivity contribution in [2.24, 2.45) is 0 Å². The van der Waals surface area contributed by atoms with Crippen molar-refractivity contribution in [2.75, 3.05) is 11.9 Å². The number of hydrogen-bond donors (Lipinski definition) is 1. The SMILES string of the molecule is Cc1ccc(OCC(=O)Nc2ccccc2C(C)C)c(C)c1. The summed E-state index contributed by atoms with van der Waals surface area (Å²) in [6, 6.07) is 13.8. The summed E-state index contributed by atoms with van der Waals surface area (Å²) in [4.78, 5) is 12.1. The van der Waals surface area contributed by atoms with Crippen LogP contribution in [0.3, 0.4) is 0 Å². The third-order valence-electron chi connectivity index (χ3n) is 3.55. The number of hydrogen-bond acceptors (Lipinski definition) is 2. The van der Waals surface area contributed by atoms with Gasteiger partial charge in [0.05, 0.1) is 0 Å². The fraction of sp³-hybridized carbons (Fsp3) is 0.316. The van der Waals surface area contributed by atoms with Crippen LogP contribution in [-0.4, -0.2) is 12.5 Å². The van der Waals surface area contributed by atoms with Crippen LogP contribution in [0.25, 0.3) is 0 Å². The van der Waals surface area contributed by atoms with Crippen molar-refractivity contribution < 1.29 is 9.53 Å². The normalized spacial score (nSPS) is 10.6. The molecule has 116 valence electrons. The lowest BCUT2D eigenvalue weighted by Gasteiger charge is -2.14. The van der Waals surface area contributed by atoms with E-state index in [1.165, 1.54) is 5.56 Å². The number of benzene rings is 2. The van der Waals surface area contributed by atoms with Crippen molar-refractivity contribution in [3.8, 4) is 5.75 Å². The molecule has 0 saturated carbocycles. The Kier molecular flexibility index (Phi) is 5.21. The zero-order valence-electron chi connectivity index (χ0n) is 13.6. The molecule has 2 rings (SSSR count). The van der Waals surface area contributed by atoms with Gasteiger partial charge in [0.2, 0.25) is 0 Å². The highest BCUT2D eigenvalue weighted by atomic mass is 16.5. The second kappa shape index (κ2) is 7.12. The molecule has 0 atom stereocenters. The van der Waals surface area contributed by atoms with Gasteiger partial charge in [-0.2, -0.15) is 0 Å². The zero-order chi connectivity index (χ0) is 16.1. The van der Waals surface area contributed by atoms with Crippen molar-refractivity contribution in [3.05, 3.63) is 59.2 Å². The maximum absolute atomic E-state index is 12.1. The molecule has 0 fully saturated rings. The Morgan fingerprint density at radius 2 is 1.86 bits per heavy atom. The Balaban J connectivity index is 1.99. The van der Waals surface area contributed by atoms with Crippen LogP contribution < -0.4 is 10.1 Å². The summed E-state index contributed by atoms with van der Waals surface area (Å²) in [5, 5.41) is 2.93. The number of rotatable bonds is 5. The monoisotopic (exact) mass is 297 g/mol. The molecule has 2 aromatic rings. The predicted octanol–water partition coefficient (Wildman–Crippen LogP) is 4.44. The summed E-state index contributed by atoms with van der Waals surface area (Å²) >= 11 is 0. The van der Waals surface area contributed by atoms with Crippen LogP contribution in [0, 0.1) is 13.8 Å². The molecular formula is C19H23NO2. The number of ether oxygens (including phenoxy) is 1. The lowest BCUT2D eigenvalue weighted by Crippen LogP contribution is -2.21. The van der Waals surface area contributed by atoms with Crippen molar-refractivity contribution in [1.82, 2.24) is 0 Å². The standard InChI is InChI=1S/C19H23NO2/c1-13(2)16-7-5-6-8-17(16)20-19(21)12-22-18-10-9-14(3)11-15(18)4/h5-11,13H,12H2,1-4H3,(H,20,21). The fourth-order valence-electron chi connectivity index (χ4n) is 2.41. The molecule has 0 bridgehead atoms. The van der Waals surface area contributed by atoms with Crippen molar-refractivity contribution in [2.45, 2.75) is 33.6 Å². The van der Waals surface area contributed by atoms with Gasteiger partial charge in [0.25, 0.3) is 5.91 Å². The van der Waals surface area contributed by atoms with E-state index in [2.05, 4.69) is 19.2 Å². The molecule has 0 radical (unpaired) electrons. The molecule has 22 heavy (non-hydrogen) atoms. The fourth-order valence-corrected chi connectivity index (χ4v) is 2.41. The lowest BCUT2D eigenvalue weighted by atomic mass is 10.0. The van der Waals surface area contributed by atoms with Crippen molar-refractivity contribution in [3.63, 3.8) is 0 Å². The Bertz CT molecular complexity index is 662. The number of para-hydroxylation sites is 1. The molecular weight excluding hydrogens is 274 g/mol. The molecule has 0 unspecified atom stereocenters. The summed E-state index contributed by atoms with van der Waals surface area (Å²) < 4.78 is 5.61. The van der Waals surface area contributed by atoms with Crippen LogP contribution in [0.4, 0.5) is 5.69 Å². The number of amides is 1. The summed E-state index contributed by atoms with van der Waals surface area (Å²) in [5.41, 5.74) is 4.20. The van der Waals surface area contributed by atoms with Gasteiger partial charge in [-0.25, -0.2) is 0 Å². The first-order chi connectivity index (χ1) is 10.5. The minimum absolute atomic E-state index is 0.0102. The van der Waals surface area contributed by atoms with Gasteiger partial charge in [-0.1, -0.05) is 49.7 Å². The molecule has 0 aliphatic carbocycles. The Labute approximate surface area is 132 Å². The molecule has 1 N–H and O–H groups in total. The molecule has 3 nitrogen and oxygen atoms in total. The smallest absolute Gasteiger partial charge is 0.262 e. The quantitative estimate of drug-likeness (QED) is 0.885. The van der Waals surface area contributed by atoms with E-state index in [4.69, 9.17) is 4.74 Å². The Hall–Kier alpha value is -2.29. The zero-order valence-corrected chi connectivity index (χ0v) is 13.6. The molecule has 0 aliphatic heterocycles. The molecule has 1 amide bonds. The van der Waals surface area contributed by atoms with Crippen LogP contribution in [0.2, 0.25) is 0 Å². The maximum atomic E-state index is 12.1. The molecule has 2 aromatic carbocycles.